The summed E-state index contributed by atoms with van der Waals surface area (Å²) in [6, 6.07) is 18.4. The van der Waals surface area contributed by atoms with Crippen LogP contribution in [0.2, 0.25) is 0 Å². The minimum Gasteiger partial charge on any atom is -0.474 e. The quantitative estimate of drug-likeness (QED) is 0.793. The van der Waals surface area contributed by atoms with Crippen LogP contribution in [-0.2, 0) is 6.42 Å². The van der Waals surface area contributed by atoms with Crippen LogP contribution in [0.4, 0.5) is 0 Å². The molecule has 0 bridgehead atoms. The molecule has 2 N–H and O–H groups in total. The molecule has 4 heteroatoms. The number of para-hydroxylation sites is 1. The van der Waals surface area contributed by atoms with E-state index in [0.717, 1.165) is 17.2 Å². The Hall–Kier alpha value is -1.91. The zero-order chi connectivity index (χ0) is 14.2. The van der Waals surface area contributed by atoms with Gasteiger partial charge in [0.2, 0.25) is 0 Å². The van der Waals surface area contributed by atoms with Crippen LogP contribution in [0.3, 0.4) is 0 Å². The average Bonchev–Trinajstić information content (AvgIpc) is 2.54. The molecule has 3 unspecified atom stereocenters. The van der Waals surface area contributed by atoms with Crippen molar-refractivity contribution >= 4 is 17.2 Å². The molecule has 0 radical (unpaired) electrons. The van der Waals surface area contributed by atoms with Gasteiger partial charge in [-0.2, -0.15) is 0 Å². The summed E-state index contributed by atoms with van der Waals surface area (Å²) in [5.74, 6) is 1.15. The Balaban J connectivity index is 1.62. The lowest BCUT2D eigenvalue weighted by Crippen LogP contribution is -2.60. The van der Waals surface area contributed by atoms with Crippen LogP contribution >= 0.6 is 12.2 Å². The van der Waals surface area contributed by atoms with Crippen molar-refractivity contribution in [3.05, 3.63) is 65.7 Å². The number of thiocarbonyl (C=S) groups is 1. The van der Waals surface area contributed by atoms with E-state index in [9.17, 15) is 0 Å². The van der Waals surface area contributed by atoms with E-state index in [2.05, 4.69) is 28.8 Å². The Morgan fingerprint density at radius 2 is 1.76 bits per heavy atom. The molecule has 0 spiro atoms. The van der Waals surface area contributed by atoms with Gasteiger partial charge in [0.25, 0.3) is 0 Å². The van der Waals surface area contributed by atoms with Crippen molar-refractivity contribution in [3.8, 4) is 5.75 Å². The lowest BCUT2D eigenvalue weighted by molar-refractivity contribution is 0.0806. The Kier molecular flexibility index (Phi) is 3.13. The van der Waals surface area contributed by atoms with E-state index in [0.29, 0.717) is 0 Å². The van der Waals surface area contributed by atoms with Gasteiger partial charge in [-0.15, -0.1) is 0 Å². The Morgan fingerprint density at radius 3 is 2.62 bits per heavy atom. The highest BCUT2D eigenvalue weighted by molar-refractivity contribution is 7.80. The van der Waals surface area contributed by atoms with E-state index in [1.54, 1.807) is 0 Å². The first kappa shape index (κ1) is 12.8. The summed E-state index contributed by atoms with van der Waals surface area (Å²) in [5, 5.41) is 6.93. The van der Waals surface area contributed by atoms with Gasteiger partial charge in [-0.1, -0.05) is 60.7 Å². The van der Waals surface area contributed by atoms with Gasteiger partial charge >= 0.3 is 0 Å². The number of fused-ring (bicyclic) bond motifs is 2. The molecule has 2 aromatic rings. The third-order valence-electron chi connectivity index (χ3n) is 4.12. The minimum atomic E-state index is -0.0705. The molecule has 2 aromatic carbocycles. The summed E-state index contributed by atoms with van der Waals surface area (Å²) in [4.78, 5) is 0.877. The van der Waals surface area contributed by atoms with Gasteiger partial charge in [-0.05, 0) is 23.6 Å². The maximum Gasteiger partial charge on any atom is 0.161 e. The molecule has 2 aliphatic heterocycles. The average molecular weight is 296 g/mol. The van der Waals surface area contributed by atoms with Gasteiger partial charge in [0.15, 0.2) is 6.23 Å². The van der Waals surface area contributed by atoms with Crippen LogP contribution in [0.25, 0.3) is 0 Å². The van der Waals surface area contributed by atoms with Gasteiger partial charge in [0, 0.05) is 0 Å². The van der Waals surface area contributed by atoms with Gasteiger partial charge < -0.3 is 10.1 Å². The first-order chi connectivity index (χ1) is 10.3. The Labute approximate surface area is 129 Å². The summed E-state index contributed by atoms with van der Waals surface area (Å²) in [6.07, 6.45) is 0.852. The number of hydrogen-bond donors (Lipinski definition) is 2. The van der Waals surface area contributed by atoms with Crippen LogP contribution in [0.15, 0.2) is 54.6 Å². The number of hydrogen-bond acceptors (Lipinski definition) is 3. The third kappa shape index (κ3) is 2.30. The van der Waals surface area contributed by atoms with Crippen molar-refractivity contribution < 1.29 is 4.74 Å². The van der Waals surface area contributed by atoms with Crippen LogP contribution in [-0.4, -0.2) is 11.2 Å². The molecule has 1 fully saturated rings. The van der Waals surface area contributed by atoms with E-state index >= 15 is 0 Å². The van der Waals surface area contributed by atoms with Gasteiger partial charge in [0.1, 0.15) is 11.9 Å². The smallest absolute Gasteiger partial charge is 0.161 e. The van der Waals surface area contributed by atoms with Crippen LogP contribution < -0.4 is 15.4 Å². The maximum atomic E-state index is 6.12. The predicted molar refractivity (Wildman–Crippen MR) is 86.1 cm³/mol. The number of rotatable bonds is 1. The van der Waals surface area contributed by atoms with Crippen molar-refractivity contribution in [2.24, 2.45) is 5.92 Å². The lowest BCUT2D eigenvalue weighted by Gasteiger charge is -2.42. The zero-order valence-corrected chi connectivity index (χ0v) is 12.3. The summed E-state index contributed by atoms with van der Waals surface area (Å²) < 4.78 is 6.12. The van der Waals surface area contributed by atoms with Crippen molar-refractivity contribution in [1.29, 1.82) is 0 Å². The fraction of sp³-hybridized carbons (Fsp3) is 0.235. The molecule has 3 atom stereocenters. The van der Waals surface area contributed by atoms with E-state index in [1.165, 1.54) is 11.1 Å². The normalized spacial score (nSPS) is 27.0. The fourth-order valence-corrected chi connectivity index (χ4v) is 3.34. The first-order valence-electron chi connectivity index (χ1n) is 7.17. The molecular weight excluding hydrogens is 280 g/mol. The Bertz CT molecular complexity index is 674. The summed E-state index contributed by atoms with van der Waals surface area (Å²) >= 11 is 5.58. The highest BCUT2D eigenvalue weighted by atomic mass is 32.1. The molecule has 4 rings (SSSR count). The van der Waals surface area contributed by atoms with Gasteiger partial charge in [-0.3, -0.25) is 5.32 Å². The molecule has 21 heavy (non-hydrogen) atoms. The second kappa shape index (κ2) is 5.13. The second-order valence-electron chi connectivity index (χ2n) is 5.48. The van der Waals surface area contributed by atoms with Crippen molar-refractivity contribution in [3.63, 3.8) is 0 Å². The third-order valence-corrected chi connectivity index (χ3v) is 4.54. The lowest BCUT2D eigenvalue weighted by atomic mass is 9.91. The molecule has 0 saturated carbocycles. The Morgan fingerprint density at radius 1 is 1.00 bits per heavy atom. The predicted octanol–water partition coefficient (Wildman–Crippen LogP) is 2.78. The number of benzene rings is 2. The van der Waals surface area contributed by atoms with E-state index in [1.807, 2.05) is 36.4 Å². The standard InChI is InChI=1S/C17H16N2OS/c21-17-13-10-12-8-4-5-9-14(12)20-16(13)18-15(19-17)11-6-2-1-3-7-11/h1-9,13,15-16,18H,10H2,(H,19,21). The van der Waals surface area contributed by atoms with Gasteiger partial charge in [0.05, 0.1) is 10.9 Å². The molecule has 0 amide bonds. The van der Waals surface area contributed by atoms with Crippen LogP contribution in [0.5, 0.6) is 5.75 Å². The molecule has 3 nitrogen and oxygen atoms in total. The molecular formula is C17H16N2OS. The molecule has 0 aromatic heterocycles. The van der Waals surface area contributed by atoms with E-state index in [4.69, 9.17) is 17.0 Å². The number of ether oxygens (including phenoxy) is 1. The van der Waals surface area contributed by atoms with Crippen LogP contribution in [0.1, 0.15) is 17.3 Å². The van der Waals surface area contributed by atoms with Crippen molar-refractivity contribution in [2.45, 2.75) is 18.8 Å². The SMILES string of the molecule is S=C1NC(c2ccccc2)NC2Oc3ccccc3CC12. The second-order valence-corrected chi connectivity index (χ2v) is 5.92. The molecule has 2 heterocycles. The fourth-order valence-electron chi connectivity index (χ4n) is 3.01. The van der Waals surface area contributed by atoms with Crippen molar-refractivity contribution in [1.82, 2.24) is 10.6 Å². The summed E-state index contributed by atoms with van der Waals surface area (Å²) in [6.45, 7) is 0. The first-order valence-corrected chi connectivity index (χ1v) is 7.58. The largest absolute Gasteiger partial charge is 0.474 e. The van der Waals surface area contributed by atoms with E-state index in [-0.39, 0.29) is 18.3 Å². The summed E-state index contributed by atoms with van der Waals surface area (Å²) in [5.41, 5.74) is 2.39. The monoisotopic (exact) mass is 296 g/mol. The molecule has 1 saturated heterocycles. The van der Waals surface area contributed by atoms with Gasteiger partial charge in [-0.25, -0.2) is 0 Å². The highest BCUT2D eigenvalue weighted by Gasteiger charge is 2.38. The molecule has 0 aliphatic carbocycles. The van der Waals surface area contributed by atoms with Crippen LogP contribution in [0, 0.1) is 5.92 Å². The maximum absolute atomic E-state index is 6.12. The molecule has 106 valence electrons. The summed E-state index contributed by atoms with van der Waals surface area (Å²) in [7, 11) is 0. The highest BCUT2D eigenvalue weighted by Crippen LogP contribution is 2.33. The van der Waals surface area contributed by atoms with E-state index < -0.39 is 0 Å². The minimum absolute atomic E-state index is 0.00483. The topological polar surface area (TPSA) is 33.3 Å². The number of nitrogens with one attached hydrogen (secondary N) is 2. The molecule has 2 aliphatic rings. The van der Waals surface area contributed by atoms with Crippen molar-refractivity contribution in [2.75, 3.05) is 0 Å². The zero-order valence-electron chi connectivity index (χ0n) is 11.5.